The Morgan fingerprint density at radius 2 is 1.76 bits per heavy atom. The molecule has 1 aliphatic carbocycles. The van der Waals surface area contributed by atoms with E-state index in [0.29, 0.717) is 5.56 Å². The summed E-state index contributed by atoms with van der Waals surface area (Å²) in [5.74, 6) is -4.43. The summed E-state index contributed by atoms with van der Waals surface area (Å²) in [7, 11) is 2.09. The molecule has 0 radical (unpaired) electrons. The van der Waals surface area contributed by atoms with E-state index in [1.165, 1.54) is 18.4 Å². The van der Waals surface area contributed by atoms with Gasteiger partial charge >= 0.3 is 11.9 Å². The first-order valence-corrected chi connectivity index (χ1v) is 8.96. The zero-order chi connectivity index (χ0) is 21.2. The number of carbonyl (C=O) groups is 2. The number of hydrogen-bond acceptors (Lipinski definition) is 8. The van der Waals surface area contributed by atoms with Gasteiger partial charge in [-0.25, -0.2) is 0 Å². The molecule has 9 heteroatoms. The van der Waals surface area contributed by atoms with Crippen molar-refractivity contribution in [3.05, 3.63) is 70.2 Å². The Bertz CT molecular complexity index is 863. The largest absolute Gasteiger partial charge is 0.469 e. The molecule has 0 saturated heterocycles. The number of benzene rings is 1. The highest BCUT2D eigenvalue weighted by molar-refractivity contribution is 6.02. The molecule has 1 N–H and O–H groups in total. The van der Waals surface area contributed by atoms with Crippen molar-refractivity contribution in [3.63, 3.8) is 0 Å². The molecule has 2 aromatic rings. The minimum atomic E-state index is -2.34. The molecule has 154 valence electrons. The van der Waals surface area contributed by atoms with Crippen molar-refractivity contribution in [2.75, 3.05) is 14.2 Å². The summed E-state index contributed by atoms with van der Waals surface area (Å²) in [6, 6.07) is 10.1. The first-order valence-electron chi connectivity index (χ1n) is 8.96. The quantitative estimate of drug-likeness (QED) is 0.347. The fourth-order valence-corrected chi connectivity index (χ4v) is 4.38. The van der Waals surface area contributed by atoms with Crippen LogP contribution in [-0.4, -0.2) is 48.3 Å². The van der Waals surface area contributed by atoms with Gasteiger partial charge in [-0.3, -0.25) is 19.7 Å². The number of aliphatic hydroxyl groups excluding tert-OH is 1. The second kappa shape index (κ2) is 8.04. The SMILES string of the molecule is COC(=O)C1(C(=O)OC)[C@@H](O)C[C@H](c2ccccc2)[C@H]([N+](=O)[O-])[C@@H]1c1ccco1. The third-order valence-electron chi connectivity index (χ3n) is 5.61. The van der Waals surface area contributed by atoms with Crippen LogP contribution in [0.4, 0.5) is 0 Å². The third kappa shape index (κ3) is 3.17. The zero-order valence-electron chi connectivity index (χ0n) is 15.9. The molecular formula is C20H21NO8. The highest BCUT2D eigenvalue weighted by atomic mass is 16.6. The summed E-state index contributed by atoms with van der Waals surface area (Å²) in [5, 5.41) is 23.3. The molecule has 1 aliphatic rings. The van der Waals surface area contributed by atoms with E-state index >= 15 is 0 Å². The maximum Gasteiger partial charge on any atom is 0.326 e. The molecular weight excluding hydrogens is 382 g/mol. The lowest BCUT2D eigenvalue weighted by Gasteiger charge is -2.45. The average molecular weight is 403 g/mol. The lowest BCUT2D eigenvalue weighted by Crippen LogP contribution is -2.62. The second-order valence-corrected chi connectivity index (χ2v) is 6.89. The summed E-state index contributed by atoms with van der Waals surface area (Å²) in [4.78, 5) is 37.4. The molecule has 29 heavy (non-hydrogen) atoms. The molecule has 3 rings (SSSR count). The van der Waals surface area contributed by atoms with Crippen molar-refractivity contribution in [2.24, 2.45) is 5.41 Å². The van der Waals surface area contributed by atoms with Crippen LogP contribution in [0.15, 0.2) is 53.1 Å². The normalized spacial score (nSPS) is 25.8. The fraction of sp³-hybridized carbons (Fsp3) is 0.400. The van der Waals surface area contributed by atoms with Crippen molar-refractivity contribution in [2.45, 2.75) is 30.4 Å². The first-order chi connectivity index (χ1) is 13.9. The number of hydrogen-bond donors (Lipinski definition) is 1. The standard InChI is InChI=1S/C20H21NO8/c1-27-18(23)20(19(24)28-2)15(22)11-13(12-7-4-3-5-8-12)17(21(25)26)16(20)14-9-6-10-29-14/h3-10,13,15-17,22H,11H2,1-2H3/t13-,15+,16+,17+/m1/s1. The molecule has 1 saturated carbocycles. The third-order valence-corrected chi connectivity index (χ3v) is 5.61. The zero-order valence-corrected chi connectivity index (χ0v) is 15.9. The van der Waals surface area contributed by atoms with Crippen molar-refractivity contribution < 1.29 is 33.5 Å². The van der Waals surface area contributed by atoms with Gasteiger partial charge in [0.25, 0.3) is 0 Å². The Morgan fingerprint density at radius 1 is 1.14 bits per heavy atom. The summed E-state index contributed by atoms with van der Waals surface area (Å²) in [5.41, 5.74) is -1.74. The van der Waals surface area contributed by atoms with Crippen molar-refractivity contribution in [3.8, 4) is 0 Å². The molecule has 1 aromatic carbocycles. The highest BCUT2D eigenvalue weighted by Crippen LogP contribution is 2.54. The van der Waals surface area contributed by atoms with Crippen LogP contribution in [0.5, 0.6) is 0 Å². The fourth-order valence-electron chi connectivity index (χ4n) is 4.38. The number of carbonyl (C=O) groups excluding carboxylic acids is 2. The van der Waals surface area contributed by atoms with E-state index in [9.17, 15) is 24.8 Å². The molecule has 0 amide bonds. The van der Waals surface area contributed by atoms with E-state index in [2.05, 4.69) is 0 Å². The van der Waals surface area contributed by atoms with E-state index in [1.807, 2.05) is 0 Å². The number of aliphatic hydroxyl groups is 1. The number of esters is 2. The maximum atomic E-state index is 12.9. The van der Waals surface area contributed by atoms with Gasteiger partial charge in [0.15, 0.2) is 0 Å². The molecule has 1 aromatic heterocycles. The predicted molar refractivity (Wildman–Crippen MR) is 98.5 cm³/mol. The van der Waals surface area contributed by atoms with Crippen LogP contribution in [0.25, 0.3) is 0 Å². The molecule has 0 unspecified atom stereocenters. The number of rotatable bonds is 5. The van der Waals surface area contributed by atoms with Crippen molar-refractivity contribution in [1.82, 2.24) is 0 Å². The smallest absolute Gasteiger partial charge is 0.326 e. The highest BCUT2D eigenvalue weighted by Gasteiger charge is 2.70. The van der Waals surface area contributed by atoms with E-state index in [-0.39, 0.29) is 12.2 Å². The van der Waals surface area contributed by atoms with Crippen LogP contribution in [0.1, 0.15) is 29.6 Å². The van der Waals surface area contributed by atoms with Crippen LogP contribution >= 0.6 is 0 Å². The minimum absolute atomic E-state index is 0.0159. The second-order valence-electron chi connectivity index (χ2n) is 6.89. The van der Waals surface area contributed by atoms with Gasteiger partial charge < -0.3 is 19.0 Å². The number of nitro groups is 1. The minimum Gasteiger partial charge on any atom is -0.469 e. The summed E-state index contributed by atoms with van der Waals surface area (Å²) < 4.78 is 15.0. The van der Waals surface area contributed by atoms with Crippen LogP contribution in [0, 0.1) is 15.5 Å². The molecule has 0 bridgehead atoms. The number of nitrogens with zero attached hydrogens (tertiary/aromatic N) is 1. The van der Waals surface area contributed by atoms with Crippen LogP contribution in [-0.2, 0) is 19.1 Å². The van der Waals surface area contributed by atoms with Crippen LogP contribution in [0.2, 0.25) is 0 Å². The summed E-state index contributed by atoms with van der Waals surface area (Å²) >= 11 is 0. The first kappa shape index (κ1) is 20.5. The molecule has 9 nitrogen and oxygen atoms in total. The van der Waals surface area contributed by atoms with E-state index in [0.717, 1.165) is 14.2 Å². The Morgan fingerprint density at radius 3 is 2.24 bits per heavy atom. The molecule has 1 heterocycles. The Kier molecular flexibility index (Phi) is 5.69. The van der Waals surface area contributed by atoms with E-state index in [1.54, 1.807) is 30.3 Å². The van der Waals surface area contributed by atoms with Gasteiger partial charge in [0.1, 0.15) is 11.7 Å². The van der Waals surface area contributed by atoms with E-state index < -0.39 is 46.3 Å². The topological polar surface area (TPSA) is 129 Å². The van der Waals surface area contributed by atoms with Gasteiger partial charge in [-0.2, -0.15) is 0 Å². The van der Waals surface area contributed by atoms with Gasteiger partial charge in [-0.1, -0.05) is 30.3 Å². The van der Waals surface area contributed by atoms with Crippen LogP contribution < -0.4 is 0 Å². The van der Waals surface area contributed by atoms with E-state index in [4.69, 9.17) is 13.9 Å². The Hall–Kier alpha value is -3.20. The van der Waals surface area contributed by atoms with Gasteiger partial charge in [0, 0.05) is 4.92 Å². The van der Waals surface area contributed by atoms with Gasteiger partial charge in [0.05, 0.1) is 32.5 Å². The maximum absolute atomic E-state index is 12.9. The number of ether oxygens (including phenoxy) is 2. The van der Waals surface area contributed by atoms with Crippen molar-refractivity contribution in [1.29, 1.82) is 0 Å². The number of methoxy groups -OCH3 is 2. The Labute approximate surface area is 166 Å². The molecule has 4 atom stereocenters. The lowest BCUT2D eigenvalue weighted by atomic mass is 9.57. The van der Waals surface area contributed by atoms with Gasteiger partial charge in [-0.15, -0.1) is 0 Å². The lowest BCUT2D eigenvalue weighted by molar-refractivity contribution is -0.538. The Balaban J connectivity index is 2.29. The molecule has 0 aliphatic heterocycles. The van der Waals surface area contributed by atoms with Crippen LogP contribution in [0.3, 0.4) is 0 Å². The van der Waals surface area contributed by atoms with Crippen molar-refractivity contribution >= 4 is 11.9 Å². The monoisotopic (exact) mass is 403 g/mol. The van der Waals surface area contributed by atoms with Gasteiger partial charge in [-0.05, 0) is 24.1 Å². The predicted octanol–water partition coefficient (Wildman–Crippen LogP) is 1.89. The average Bonchev–Trinajstić information content (AvgIpc) is 3.26. The van der Waals surface area contributed by atoms with Gasteiger partial charge in [0.2, 0.25) is 11.5 Å². The molecule has 0 spiro atoms. The number of furan rings is 1. The summed E-state index contributed by atoms with van der Waals surface area (Å²) in [6.07, 6.45) is -0.528. The summed E-state index contributed by atoms with van der Waals surface area (Å²) in [6.45, 7) is 0. The molecule has 1 fully saturated rings.